The van der Waals surface area contributed by atoms with Gasteiger partial charge in [0.1, 0.15) is 5.82 Å². The zero-order chi connectivity index (χ0) is 12.1. The van der Waals surface area contributed by atoms with Gasteiger partial charge in [0, 0.05) is 24.7 Å². The van der Waals surface area contributed by atoms with E-state index in [4.69, 9.17) is 0 Å². The average Bonchev–Trinajstić information content (AvgIpc) is 2.83. The van der Waals surface area contributed by atoms with Crippen molar-refractivity contribution in [2.75, 3.05) is 19.0 Å². The van der Waals surface area contributed by atoms with Crippen LogP contribution in [0.4, 0.5) is 5.82 Å². The Morgan fingerprint density at radius 3 is 3.00 bits per heavy atom. The van der Waals surface area contributed by atoms with Crippen molar-refractivity contribution in [3.8, 4) is 0 Å². The highest BCUT2D eigenvalue weighted by Crippen LogP contribution is 2.15. The van der Waals surface area contributed by atoms with Gasteiger partial charge in [-0.1, -0.05) is 6.07 Å². The van der Waals surface area contributed by atoms with Gasteiger partial charge in [-0.05, 0) is 18.5 Å². The van der Waals surface area contributed by atoms with Gasteiger partial charge in [-0.2, -0.15) is 0 Å². The first-order valence-corrected chi connectivity index (χ1v) is 6.36. The van der Waals surface area contributed by atoms with E-state index < -0.39 is 0 Å². The van der Waals surface area contributed by atoms with Gasteiger partial charge in [-0.25, -0.2) is 4.98 Å². The molecule has 90 valence electrons. The number of hydrogen-bond donors (Lipinski definition) is 1. The van der Waals surface area contributed by atoms with E-state index in [0.717, 1.165) is 24.6 Å². The zero-order valence-corrected chi connectivity index (χ0v) is 10.9. The lowest BCUT2D eigenvalue weighted by Gasteiger charge is -2.17. The van der Waals surface area contributed by atoms with Crippen molar-refractivity contribution in [2.24, 2.45) is 0 Å². The summed E-state index contributed by atoms with van der Waals surface area (Å²) in [6, 6.07) is 4.20. The molecule has 0 saturated heterocycles. The molecule has 2 rings (SSSR count). The van der Waals surface area contributed by atoms with Crippen LogP contribution in [0.25, 0.3) is 0 Å². The van der Waals surface area contributed by atoms with E-state index in [1.807, 2.05) is 14.1 Å². The Bertz CT molecular complexity index is 455. The molecule has 0 atom stereocenters. The summed E-state index contributed by atoms with van der Waals surface area (Å²) in [7, 11) is 3.94. The Labute approximate surface area is 105 Å². The van der Waals surface area contributed by atoms with E-state index in [2.05, 4.69) is 37.7 Å². The van der Waals surface area contributed by atoms with Crippen LogP contribution in [0.2, 0.25) is 0 Å². The topological polar surface area (TPSA) is 41.1 Å². The second kappa shape index (κ2) is 5.75. The highest BCUT2D eigenvalue weighted by atomic mass is 32.1. The van der Waals surface area contributed by atoms with E-state index in [-0.39, 0.29) is 0 Å². The van der Waals surface area contributed by atoms with Crippen molar-refractivity contribution in [1.82, 2.24) is 15.3 Å². The molecule has 0 aromatic carbocycles. The number of thiophene rings is 1. The Hall–Kier alpha value is -1.46. The van der Waals surface area contributed by atoms with Crippen molar-refractivity contribution in [3.63, 3.8) is 0 Å². The normalized spacial score (nSPS) is 10.5. The number of nitrogens with one attached hydrogen (secondary N) is 1. The average molecular weight is 248 g/mol. The van der Waals surface area contributed by atoms with Gasteiger partial charge in [0.15, 0.2) is 0 Å². The van der Waals surface area contributed by atoms with Crippen LogP contribution in [0.3, 0.4) is 0 Å². The maximum Gasteiger partial charge on any atom is 0.147 e. The van der Waals surface area contributed by atoms with Crippen molar-refractivity contribution in [2.45, 2.75) is 13.1 Å². The highest BCUT2D eigenvalue weighted by Gasteiger charge is 2.05. The SMILES string of the molecule is CNCc1cncc(N(C)Cc2cccs2)n1. The number of hydrogen-bond acceptors (Lipinski definition) is 5. The molecule has 0 aliphatic heterocycles. The van der Waals surface area contributed by atoms with Crippen LogP contribution in [0.5, 0.6) is 0 Å². The van der Waals surface area contributed by atoms with Gasteiger partial charge in [0.2, 0.25) is 0 Å². The summed E-state index contributed by atoms with van der Waals surface area (Å²) < 4.78 is 0. The number of aromatic nitrogens is 2. The maximum atomic E-state index is 4.55. The van der Waals surface area contributed by atoms with Crippen LogP contribution in [0, 0.1) is 0 Å². The third-order valence-electron chi connectivity index (χ3n) is 2.39. The Morgan fingerprint density at radius 2 is 2.29 bits per heavy atom. The molecule has 0 amide bonds. The molecule has 2 aromatic heterocycles. The van der Waals surface area contributed by atoms with E-state index in [1.165, 1.54) is 4.88 Å². The molecule has 2 aromatic rings. The summed E-state index contributed by atoms with van der Waals surface area (Å²) in [6.45, 7) is 1.61. The largest absolute Gasteiger partial charge is 0.353 e. The fourth-order valence-electron chi connectivity index (χ4n) is 1.56. The Kier molecular flexibility index (Phi) is 4.06. The van der Waals surface area contributed by atoms with Gasteiger partial charge >= 0.3 is 0 Å². The van der Waals surface area contributed by atoms with Crippen molar-refractivity contribution >= 4 is 17.2 Å². The van der Waals surface area contributed by atoms with Crippen LogP contribution in [-0.2, 0) is 13.1 Å². The van der Waals surface area contributed by atoms with Gasteiger partial charge in [0.05, 0.1) is 18.4 Å². The Morgan fingerprint density at radius 1 is 1.41 bits per heavy atom. The first-order chi connectivity index (χ1) is 8.29. The first kappa shape index (κ1) is 12.0. The van der Waals surface area contributed by atoms with Crippen molar-refractivity contribution in [3.05, 3.63) is 40.5 Å². The van der Waals surface area contributed by atoms with Gasteiger partial charge < -0.3 is 10.2 Å². The smallest absolute Gasteiger partial charge is 0.147 e. The fourth-order valence-corrected chi connectivity index (χ4v) is 2.32. The molecule has 1 N–H and O–H groups in total. The molecule has 17 heavy (non-hydrogen) atoms. The summed E-state index contributed by atoms with van der Waals surface area (Å²) in [5.41, 5.74) is 0.961. The molecule has 4 nitrogen and oxygen atoms in total. The van der Waals surface area contributed by atoms with Gasteiger partial charge in [-0.3, -0.25) is 4.98 Å². The summed E-state index contributed by atoms with van der Waals surface area (Å²) in [5, 5.41) is 5.17. The van der Waals surface area contributed by atoms with Crippen LogP contribution in [-0.4, -0.2) is 24.1 Å². The summed E-state index contributed by atoms with van der Waals surface area (Å²) >= 11 is 1.76. The molecule has 0 radical (unpaired) electrons. The molecular weight excluding hydrogens is 232 g/mol. The summed E-state index contributed by atoms with van der Waals surface area (Å²) in [4.78, 5) is 12.2. The number of rotatable bonds is 5. The quantitative estimate of drug-likeness (QED) is 0.877. The predicted octanol–water partition coefficient (Wildman–Crippen LogP) is 1.89. The van der Waals surface area contributed by atoms with Crippen LogP contribution in [0.15, 0.2) is 29.9 Å². The minimum Gasteiger partial charge on any atom is -0.353 e. The molecule has 0 fully saturated rings. The lowest BCUT2D eigenvalue weighted by molar-refractivity contribution is 0.776. The van der Waals surface area contributed by atoms with E-state index >= 15 is 0 Å². The first-order valence-electron chi connectivity index (χ1n) is 5.48. The predicted molar refractivity (Wildman–Crippen MR) is 71.2 cm³/mol. The molecule has 0 bridgehead atoms. The van der Waals surface area contributed by atoms with Gasteiger partial charge in [0.25, 0.3) is 0 Å². The zero-order valence-electron chi connectivity index (χ0n) is 10.1. The van der Waals surface area contributed by atoms with Crippen molar-refractivity contribution in [1.29, 1.82) is 0 Å². The number of nitrogens with zero attached hydrogens (tertiary/aromatic N) is 3. The summed E-state index contributed by atoms with van der Waals surface area (Å²) in [5.74, 6) is 0.908. The molecule has 2 heterocycles. The fraction of sp³-hybridized carbons (Fsp3) is 0.333. The molecule has 0 unspecified atom stereocenters. The third-order valence-corrected chi connectivity index (χ3v) is 3.25. The van der Waals surface area contributed by atoms with E-state index in [1.54, 1.807) is 23.7 Å². The monoisotopic (exact) mass is 248 g/mol. The van der Waals surface area contributed by atoms with E-state index in [0.29, 0.717) is 0 Å². The second-order valence-corrected chi connectivity index (χ2v) is 4.87. The highest BCUT2D eigenvalue weighted by molar-refractivity contribution is 7.09. The third kappa shape index (κ3) is 3.25. The lowest BCUT2D eigenvalue weighted by atomic mass is 10.4. The van der Waals surface area contributed by atoms with Gasteiger partial charge in [-0.15, -0.1) is 11.3 Å². The maximum absolute atomic E-state index is 4.55. The molecule has 0 aliphatic rings. The van der Waals surface area contributed by atoms with Crippen molar-refractivity contribution < 1.29 is 0 Å². The standard InChI is InChI=1S/C12H16N4S/c1-13-6-10-7-14-8-12(15-10)16(2)9-11-4-3-5-17-11/h3-5,7-8,13H,6,9H2,1-2H3. The van der Waals surface area contributed by atoms with Crippen LogP contribution >= 0.6 is 11.3 Å². The Balaban J connectivity index is 2.07. The molecule has 0 spiro atoms. The molecule has 5 heteroatoms. The summed E-state index contributed by atoms with van der Waals surface area (Å²) in [6.07, 6.45) is 3.59. The minimum atomic E-state index is 0.744. The molecule has 0 aliphatic carbocycles. The van der Waals surface area contributed by atoms with Crippen LogP contribution < -0.4 is 10.2 Å². The van der Waals surface area contributed by atoms with E-state index in [9.17, 15) is 0 Å². The van der Waals surface area contributed by atoms with Crippen LogP contribution in [0.1, 0.15) is 10.6 Å². The molecule has 0 saturated carbocycles. The lowest BCUT2D eigenvalue weighted by Crippen LogP contribution is -2.18. The minimum absolute atomic E-state index is 0.744. The molecular formula is C12H16N4S. The number of anilines is 1. The second-order valence-electron chi connectivity index (χ2n) is 3.83.